The van der Waals surface area contributed by atoms with Crippen molar-refractivity contribution in [2.75, 3.05) is 6.26 Å². The number of nitrogens with zero attached hydrogens (tertiary/aromatic N) is 1. The van der Waals surface area contributed by atoms with E-state index >= 15 is 0 Å². The number of sulfonamides is 1. The van der Waals surface area contributed by atoms with Crippen molar-refractivity contribution in [3.8, 4) is 0 Å². The number of pyridine rings is 1. The summed E-state index contributed by atoms with van der Waals surface area (Å²) < 4.78 is 23.3. The van der Waals surface area contributed by atoms with Gasteiger partial charge in [-0.15, -0.1) is 0 Å². The second kappa shape index (κ2) is 3.75. The fourth-order valence-corrected chi connectivity index (χ4v) is 1.33. The molecular formula is C8H12N2O3S. The summed E-state index contributed by atoms with van der Waals surface area (Å²) in [5, 5.41) is 0. The average Bonchev–Trinajstić information content (AvgIpc) is 2.01. The summed E-state index contributed by atoms with van der Waals surface area (Å²) in [5.41, 5.74) is 0.751. The molecule has 0 aliphatic carbocycles. The van der Waals surface area contributed by atoms with Crippen molar-refractivity contribution >= 4 is 15.9 Å². The van der Waals surface area contributed by atoms with Gasteiger partial charge in [0.25, 0.3) is 5.91 Å². The van der Waals surface area contributed by atoms with Crippen molar-refractivity contribution in [3.05, 3.63) is 29.6 Å². The van der Waals surface area contributed by atoms with Gasteiger partial charge in [0.1, 0.15) is 5.69 Å². The Bertz CT molecular complexity index is 459. The Labute approximate surface area is 83.7 Å². The normalized spacial score (nSPS) is 11.0. The van der Waals surface area contributed by atoms with Crippen LogP contribution < -0.4 is 4.72 Å². The predicted molar refractivity (Wildman–Crippen MR) is 53.4 cm³/mol. The molecule has 1 amide bonds. The molecule has 0 aromatic carbocycles. The maximum absolute atomic E-state index is 11.3. The lowest BCUT2D eigenvalue weighted by Crippen LogP contribution is -2.30. The van der Waals surface area contributed by atoms with E-state index < -0.39 is 15.9 Å². The van der Waals surface area contributed by atoms with Gasteiger partial charge in [-0.1, -0.05) is 6.07 Å². The van der Waals surface area contributed by atoms with E-state index in [2.05, 4.69) is 4.98 Å². The molecule has 78 valence electrons. The Morgan fingerprint density at radius 2 is 2.14 bits per heavy atom. The Kier molecular flexibility index (Phi) is 2.85. The van der Waals surface area contributed by atoms with E-state index in [-0.39, 0.29) is 7.12 Å². The molecule has 0 radical (unpaired) electrons. The third-order valence-electron chi connectivity index (χ3n) is 1.40. The smallest absolute Gasteiger partial charge is 0.266 e. The number of carbonyl (C=O) groups is 1. The van der Waals surface area contributed by atoms with E-state index in [0.717, 1.165) is 6.26 Å². The van der Waals surface area contributed by atoms with Crippen molar-refractivity contribution in [2.45, 2.75) is 6.92 Å². The zero-order valence-corrected chi connectivity index (χ0v) is 8.63. The summed E-state index contributed by atoms with van der Waals surface area (Å²) in [6, 6.07) is 4.81. The number of aromatic nitrogens is 1. The molecule has 0 bridgehead atoms. The first-order valence-corrected chi connectivity index (χ1v) is 5.73. The summed E-state index contributed by atoms with van der Waals surface area (Å²) in [4.78, 5) is 15.1. The molecule has 0 fully saturated rings. The van der Waals surface area contributed by atoms with E-state index in [9.17, 15) is 13.2 Å². The number of nitrogens with one attached hydrogen (secondary N) is 1. The van der Waals surface area contributed by atoms with E-state index in [1.54, 1.807) is 19.1 Å². The number of aryl methyl sites for hydroxylation is 1. The van der Waals surface area contributed by atoms with Gasteiger partial charge in [-0.05, 0) is 19.1 Å². The molecule has 0 aliphatic rings. The van der Waals surface area contributed by atoms with E-state index in [1.165, 1.54) is 6.07 Å². The summed E-state index contributed by atoms with van der Waals surface area (Å²) in [7, 11) is -3.52. The van der Waals surface area contributed by atoms with Gasteiger partial charge in [0.05, 0.1) is 6.26 Å². The molecule has 0 unspecified atom stereocenters. The summed E-state index contributed by atoms with van der Waals surface area (Å²) >= 11 is 0. The van der Waals surface area contributed by atoms with Gasteiger partial charge in [0.15, 0.2) is 0 Å². The van der Waals surface area contributed by atoms with Crippen LogP contribution in [-0.4, -0.2) is 25.6 Å². The van der Waals surface area contributed by atoms with Crippen LogP contribution in [0.25, 0.3) is 0 Å². The van der Waals surface area contributed by atoms with Gasteiger partial charge in [0.2, 0.25) is 10.0 Å². The van der Waals surface area contributed by atoms with Crippen molar-refractivity contribution in [1.82, 2.24) is 9.71 Å². The van der Waals surface area contributed by atoms with Crippen LogP contribution in [-0.2, 0) is 10.0 Å². The minimum absolute atomic E-state index is 0. The first-order valence-electron chi connectivity index (χ1n) is 3.84. The number of carbonyl (C=O) groups excluding carboxylic acids is 1. The molecule has 14 heavy (non-hydrogen) atoms. The van der Waals surface area contributed by atoms with Crippen LogP contribution in [0.4, 0.5) is 0 Å². The molecule has 1 N–H and O–H groups in total. The molecule has 0 atom stereocenters. The Morgan fingerprint density at radius 3 is 2.64 bits per heavy atom. The van der Waals surface area contributed by atoms with Crippen LogP contribution in [0, 0.1) is 6.92 Å². The van der Waals surface area contributed by atoms with Gasteiger partial charge in [0, 0.05) is 7.12 Å². The van der Waals surface area contributed by atoms with Crippen molar-refractivity contribution in [3.63, 3.8) is 0 Å². The zero-order chi connectivity index (χ0) is 10.8. The topological polar surface area (TPSA) is 76.1 Å². The summed E-state index contributed by atoms with van der Waals surface area (Å²) in [6.07, 6.45) is 0.917. The van der Waals surface area contributed by atoms with Gasteiger partial charge < -0.3 is 0 Å². The van der Waals surface area contributed by atoms with Crippen molar-refractivity contribution in [2.24, 2.45) is 0 Å². The number of hydrogen-bond donors (Lipinski definition) is 1. The molecule has 1 heterocycles. The van der Waals surface area contributed by atoms with Crippen LogP contribution in [0.15, 0.2) is 18.2 Å². The zero-order valence-electron chi connectivity index (χ0n) is 7.81. The summed E-state index contributed by atoms with van der Waals surface area (Å²) in [5.74, 6) is -0.712. The number of rotatable bonds is 2. The molecule has 0 aliphatic heterocycles. The highest BCUT2D eigenvalue weighted by Gasteiger charge is 2.11. The Morgan fingerprint density at radius 1 is 1.50 bits per heavy atom. The van der Waals surface area contributed by atoms with Crippen LogP contribution in [0.5, 0.6) is 0 Å². The van der Waals surface area contributed by atoms with Crippen LogP contribution in [0.3, 0.4) is 0 Å². The highest BCUT2D eigenvalue weighted by molar-refractivity contribution is 7.89. The Balaban J connectivity index is 0.00000196. The molecule has 1 aromatic heterocycles. The monoisotopic (exact) mass is 216 g/mol. The fourth-order valence-electron chi connectivity index (χ4n) is 0.890. The third kappa shape index (κ3) is 3.14. The van der Waals surface area contributed by atoms with Crippen LogP contribution >= 0.6 is 0 Å². The minimum atomic E-state index is -3.52. The second-order valence-electron chi connectivity index (χ2n) is 2.87. The highest BCUT2D eigenvalue weighted by atomic mass is 32.2. The quantitative estimate of drug-likeness (QED) is 0.772. The largest absolute Gasteiger partial charge is 0.283 e. The Hall–Kier alpha value is -1.43. The molecule has 5 nitrogen and oxygen atoms in total. The molecule has 1 rings (SSSR count). The van der Waals surface area contributed by atoms with Crippen LogP contribution in [0.1, 0.15) is 17.6 Å². The lowest BCUT2D eigenvalue weighted by molar-refractivity contribution is 0.0976. The molecule has 0 saturated carbocycles. The predicted octanol–water partition coefficient (Wildman–Crippen LogP) is 0.325. The molecule has 6 heteroatoms. The standard InChI is InChI=1S/C8H10N2O3S.H2/c1-6-4-3-5-7(9-6)8(11)10-14(2,12)13;/h3-5H,1-2H3,(H,10,11);1H. The SMILES string of the molecule is Cc1cccc(C(=O)NS(C)(=O)=O)n1.[HH]. The van der Waals surface area contributed by atoms with E-state index in [1.807, 2.05) is 4.72 Å². The molecule has 0 saturated heterocycles. The first-order chi connectivity index (χ1) is 6.38. The van der Waals surface area contributed by atoms with Crippen LogP contribution in [0.2, 0.25) is 0 Å². The van der Waals surface area contributed by atoms with Gasteiger partial charge in [-0.25, -0.2) is 18.1 Å². The minimum Gasteiger partial charge on any atom is -0.266 e. The summed E-state index contributed by atoms with van der Waals surface area (Å²) in [6.45, 7) is 1.72. The highest BCUT2D eigenvalue weighted by Crippen LogP contribution is 1.98. The van der Waals surface area contributed by atoms with Gasteiger partial charge in [-0.2, -0.15) is 0 Å². The fraction of sp³-hybridized carbons (Fsp3) is 0.250. The molecule has 0 spiro atoms. The van der Waals surface area contributed by atoms with Gasteiger partial charge in [-0.3, -0.25) is 4.79 Å². The van der Waals surface area contributed by atoms with E-state index in [0.29, 0.717) is 5.69 Å². The van der Waals surface area contributed by atoms with Crippen molar-refractivity contribution < 1.29 is 14.6 Å². The number of amides is 1. The molecular weight excluding hydrogens is 204 g/mol. The maximum atomic E-state index is 11.3. The molecule has 1 aromatic rings. The lowest BCUT2D eigenvalue weighted by atomic mass is 10.3. The van der Waals surface area contributed by atoms with Crippen molar-refractivity contribution in [1.29, 1.82) is 0 Å². The second-order valence-corrected chi connectivity index (χ2v) is 4.62. The average molecular weight is 216 g/mol. The first kappa shape index (κ1) is 10.6. The third-order valence-corrected chi connectivity index (χ3v) is 1.96. The lowest BCUT2D eigenvalue weighted by Gasteiger charge is -2.01. The maximum Gasteiger partial charge on any atom is 0.283 e. The van der Waals surface area contributed by atoms with E-state index in [4.69, 9.17) is 0 Å². The van der Waals surface area contributed by atoms with Gasteiger partial charge >= 0.3 is 0 Å². The number of hydrogen-bond acceptors (Lipinski definition) is 4.